The SMILES string of the molecule is Cc1csc(CC(=O)c2cccnc2)n1. The predicted molar refractivity (Wildman–Crippen MR) is 59.1 cm³/mol. The van der Waals surface area contributed by atoms with Gasteiger partial charge in [0.15, 0.2) is 5.78 Å². The van der Waals surface area contributed by atoms with Gasteiger partial charge in [-0.25, -0.2) is 4.98 Å². The van der Waals surface area contributed by atoms with Crippen LogP contribution < -0.4 is 0 Å². The molecule has 0 aromatic carbocycles. The maximum Gasteiger partial charge on any atom is 0.171 e. The zero-order valence-electron chi connectivity index (χ0n) is 8.30. The minimum absolute atomic E-state index is 0.0671. The molecule has 0 atom stereocenters. The monoisotopic (exact) mass is 218 g/mol. The Balaban J connectivity index is 2.11. The van der Waals surface area contributed by atoms with Gasteiger partial charge in [0.25, 0.3) is 0 Å². The fourth-order valence-electron chi connectivity index (χ4n) is 1.25. The number of ketones is 1. The van der Waals surface area contributed by atoms with Gasteiger partial charge >= 0.3 is 0 Å². The van der Waals surface area contributed by atoms with Crippen molar-refractivity contribution in [1.82, 2.24) is 9.97 Å². The molecule has 0 amide bonds. The van der Waals surface area contributed by atoms with E-state index in [4.69, 9.17) is 0 Å². The second kappa shape index (κ2) is 4.31. The molecule has 0 unspecified atom stereocenters. The van der Waals surface area contributed by atoms with Crippen LogP contribution in [-0.2, 0) is 6.42 Å². The summed E-state index contributed by atoms with van der Waals surface area (Å²) >= 11 is 1.52. The van der Waals surface area contributed by atoms with Gasteiger partial charge in [-0.2, -0.15) is 0 Å². The first kappa shape index (κ1) is 9.98. The molecule has 0 fully saturated rings. The molecule has 4 heteroatoms. The topological polar surface area (TPSA) is 42.9 Å². The summed E-state index contributed by atoms with van der Waals surface area (Å²) < 4.78 is 0. The lowest BCUT2D eigenvalue weighted by atomic mass is 10.1. The van der Waals surface area contributed by atoms with Gasteiger partial charge in [0, 0.05) is 29.0 Å². The van der Waals surface area contributed by atoms with Crippen LogP contribution in [0.4, 0.5) is 0 Å². The van der Waals surface area contributed by atoms with Gasteiger partial charge in [-0.05, 0) is 19.1 Å². The number of aryl methyl sites for hydroxylation is 1. The summed E-state index contributed by atoms with van der Waals surface area (Å²) in [7, 11) is 0. The van der Waals surface area contributed by atoms with Crippen LogP contribution in [0.5, 0.6) is 0 Å². The minimum Gasteiger partial charge on any atom is -0.294 e. The van der Waals surface area contributed by atoms with Crippen molar-refractivity contribution in [3.8, 4) is 0 Å². The molecule has 2 heterocycles. The highest BCUT2D eigenvalue weighted by atomic mass is 32.1. The second-order valence-electron chi connectivity index (χ2n) is 3.22. The van der Waals surface area contributed by atoms with Gasteiger partial charge in [-0.3, -0.25) is 9.78 Å². The van der Waals surface area contributed by atoms with Crippen LogP contribution in [0.1, 0.15) is 21.1 Å². The zero-order chi connectivity index (χ0) is 10.7. The van der Waals surface area contributed by atoms with Gasteiger partial charge < -0.3 is 0 Å². The van der Waals surface area contributed by atoms with Crippen molar-refractivity contribution in [2.45, 2.75) is 13.3 Å². The van der Waals surface area contributed by atoms with Gasteiger partial charge in [-0.1, -0.05) is 0 Å². The Morgan fingerprint density at radius 3 is 3.00 bits per heavy atom. The smallest absolute Gasteiger partial charge is 0.171 e. The van der Waals surface area contributed by atoms with Crippen molar-refractivity contribution in [3.05, 3.63) is 46.2 Å². The summed E-state index contributed by atoms with van der Waals surface area (Å²) in [5.74, 6) is 0.0671. The van der Waals surface area contributed by atoms with E-state index in [9.17, 15) is 4.79 Å². The molecule has 76 valence electrons. The Morgan fingerprint density at radius 2 is 2.40 bits per heavy atom. The van der Waals surface area contributed by atoms with E-state index in [-0.39, 0.29) is 5.78 Å². The number of aromatic nitrogens is 2. The molecule has 0 aliphatic heterocycles. The first-order valence-electron chi connectivity index (χ1n) is 4.60. The van der Waals surface area contributed by atoms with Crippen molar-refractivity contribution in [1.29, 1.82) is 0 Å². The van der Waals surface area contributed by atoms with Crippen molar-refractivity contribution < 1.29 is 4.79 Å². The molecule has 0 saturated heterocycles. The summed E-state index contributed by atoms with van der Waals surface area (Å²) in [6, 6.07) is 3.54. The van der Waals surface area contributed by atoms with Crippen LogP contribution in [0.2, 0.25) is 0 Å². The van der Waals surface area contributed by atoms with E-state index in [1.165, 1.54) is 11.3 Å². The minimum atomic E-state index is 0.0671. The molecule has 0 spiro atoms. The number of pyridine rings is 1. The highest BCUT2D eigenvalue weighted by Crippen LogP contribution is 2.11. The molecule has 2 aromatic rings. The predicted octanol–water partition coefficient (Wildman–Crippen LogP) is 2.27. The summed E-state index contributed by atoms with van der Waals surface area (Å²) in [6.45, 7) is 1.93. The van der Waals surface area contributed by atoms with E-state index in [1.54, 1.807) is 24.5 Å². The molecule has 0 bridgehead atoms. The summed E-state index contributed by atoms with van der Waals surface area (Å²) in [6.07, 6.45) is 3.61. The normalized spacial score (nSPS) is 10.2. The number of hydrogen-bond donors (Lipinski definition) is 0. The highest BCUT2D eigenvalue weighted by Gasteiger charge is 2.08. The van der Waals surface area contributed by atoms with E-state index in [0.29, 0.717) is 12.0 Å². The van der Waals surface area contributed by atoms with Crippen LogP contribution in [0.25, 0.3) is 0 Å². The Hall–Kier alpha value is -1.55. The van der Waals surface area contributed by atoms with Gasteiger partial charge in [-0.15, -0.1) is 11.3 Å². The first-order chi connectivity index (χ1) is 7.25. The Kier molecular flexibility index (Phi) is 2.87. The highest BCUT2D eigenvalue weighted by molar-refractivity contribution is 7.09. The maximum absolute atomic E-state index is 11.8. The molecule has 2 aromatic heterocycles. The molecule has 0 aliphatic rings. The average Bonchev–Trinajstić information content (AvgIpc) is 2.65. The fraction of sp³-hybridized carbons (Fsp3) is 0.182. The third-order valence-corrected chi connectivity index (χ3v) is 2.93. The van der Waals surface area contributed by atoms with E-state index >= 15 is 0 Å². The number of rotatable bonds is 3. The van der Waals surface area contributed by atoms with Crippen molar-refractivity contribution in [2.24, 2.45) is 0 Å². The number of hydrogen-bond acceptors (Lipinski definition) is 4. The molecule has 0 N–H and O–H groups in total. The van der Waals surface area contributed by atoms with Crippen molar-refractivity contribution in [2.75, 3.05) is 0 Å². The number of carbonyl (C=O) groups is 1. The lowest BCUT2D eigenvalue weighted by molar-refractivity contribution is 0.0992. The summed E-state index contributed by atoms with van der Waals surface area (Å²) in [4.78, 5) is 19.9. The summed E-state index contributed by atoms with van der Waals surface area (Å²) in [5, 5.41) is 2.81. The van der Waals surface area contributed by atoms with Crippen molar-refractivity contribution in [3.63, 3.8) is 0 Å². The van der Waals surface area contributed by atoms with Crippen LogP contribution in [0, 0.1) is 6.92 Å². The molecule has 0 radical (unpaired) electrons. The average molecular weight is 218 g/mol. The molecule has 15 heavy (non-hydrogen) atoms. The van der Waals surface area contributed by atoms with Gasteiger partial charge in [0.2, 0.25) is 0 Å². The first-order valence-corrected chi connectivity index (χ1v) is 5.48. The molecular weight excluding hydrogens is 208 g/mol. The summed E-state index contributed by atoms with van der Waals surface area (Å²) in [5.41, 5.74) is 1.61. The molecule has 0 saturated carbocycles. The molecule has 3 nitrogen and oxygen atoms in total. The maximum atomic E-state index is 11.8. The van der Waals surface area contributed by atoms with E-state index in [1.807, 2.05) is 12.3 Å². The van der Waals surface area contributed by atoms with Crippen LogP contribution >= 0.6 is 11.3 Å². The number of carbonyl (C=O) groups excluding carboxylic acids is 1. The Morgan fingerprint density at radius 1 is 1.53 bits per heavy atom. The zero-order valence-corrected chi connectivity index (χ0v) is 9.12. The van der Waals surface area contributed by atoms with Gasteiger partial charge in [0.05, 0.1) is 6.42 Å². The largest absolute Gasteiger partial charge is 0.294 e. The van der Waals surface area contributed by atoms with Gasteiger partial charge in [0.1, 0.15) is 5.01 Å². The van der Waals surface area contributed by atoms with E-state index in [2.05, 4.69) is 9.97 Å². The quantitative estimate of drug-likeness (QED) is 0.742. The molecule has 2 rings (SSSR count). The fourth-order valence-corrected chi connectivity index (χ4v) is 2.02. The third-order valence-electron chi connectivity index (χ3n) is 1.96. The molecule has 0 aliphatic carbocycles. The van der Waals surface area contributed by atoms with Crippen LogP contribution in [0.3, 0.4) is 0 Å². The number of nitrogens with zero attached hydrogens (tertiary/aromatic N) is 2. The van der Waals surface area contributed by atoms with Crippen LogP contribution in [0.15, 0.2) is 29.9 Å². The standard InChI is InChI=1S/C11H10N2OS/c1-8-7-15-11(13-8)5-10(14)9-3-2-4-12-6-9/h2-4,6-7H,5H2,1H3. The lowest BCUT2D eigenvalue weighted by Crippen LogP contribution is -2.03. The Labute approximate surface area is 91.8 Å². The van der Waals surface area contributed by atoms with E-state index in [0.717, 1.165) is 10.7 Å². The molecular formula is C11H10N2OS. The second-order valence-corrected chi connectivity index (χ2v) is 4.17. The number of Topliss-reactive ketones (excluding diaryl/α,β-unsaturated/α-hetero) is 1. The van der Waals surface area contributed by atoms with E-state index < -0.39 is 0 Å². The lowest BCUT2D eigenvalue weighted by Gasteiger charge is -1.96. The Bertz CT molecular complexity index is 464. The third kappa shape index (κ3) is 2.47. The van der Waals surface area contributed by atoms with Crippen molar-refractivity contribution >= 4 is 17.1 Å². The number of thiazole rings is 1. The van der Waals surface area contributed by atoms with Crippen LogP contribution in [-0.4, -0.2) is 15.8 Å².